The zero-order valence-electron chi connectivity index (χ0n) is 7.51. The molecule has 1 rings (SSSR count). The molecule has 0 aliphatic heterocycles. The molecule has 76 valence electrons. The lowest BCUT2D eigenvalue weighted by Crippen LogP contribution is -2.08. The largest absolute Gasteiger partial charge is 0.424 e. The molecule has 0 amide bonds. The Morgan fingerprint density at radius 1 is 1.50 bits per heavy atom. The summed E-state index contributed by atoms with van der Waals surface area (Å²) in [6, 6.07) is 1.96. The molecule has 0 spiro atoms. The van der Waals surface area contributed by atoms with E-state index in [1.54, 1.807) is 6.92 Å². The first kappa shape index (κ1) is 10.4. The Balaban J connectivity index is 3.00. The molecular formula is C9H9F2NO2. The summed E-state index contributed by atoms with van der Waals surface area (Å²) in [5.74, 6) is -2.98. The van der Waals surface area contributed by atoms with Gasteiger partial charge in [-0.15, -0.1) is 0 Å². The number of esters is 1. The Kier molecular flexibility index (Phi) is 3.01. The van der Waals surface area contributed by atoms with Crippen molar-refractivity contribution >= 4 is 11.7 Å². The van der Waals surface area contributed by atoms with Crippen LogP contribution in [0.5, 0.6) is 5.75 Å². The lowest BCUT2D eigenvalue weighted by molar-refractivity contribution is -0.133. The molecule has 0 aliphatic carbocycles. The number of carbonyl (C=O) groups is 1. The number of hydrogen-bond acceptors (Lipinski definition) is 3. The lowest BCUT2D eigenvalue weighted by atomic mass is 10.2. The zero-order chi connectivity index (χ0) is 10.7. The van der Waals surface area contributed by atoms with Crippen LogP contribution in [0.3, 0.4) is 0 Å². The predicted molar refractivity (Wildman–Crippen MR) is 46.7 cm³/mol. The summed E-state index contributed by atoms with van der Waals surface area (Å²) in [7, 11) is 0. The van der Waals surface area contributed by atoms with Gasteiger partial charge >= 0.3 is 5.97 Å². The van der Waals surface area contributed by atoms with Gasteiger partial charge in [-0.25, -0.2) is 8.78 Å². The molecule has 3 nitrogen and oxygen atoms in total. The normalized spacial score (nSPS) is 9.93. The van der Waals surface area contributed by atoms with Gasteiger partial charge in [-0.05, 0) is 12.1 Å². The van der Waals surface area contributed by atoms with Crippen LogP contribution in [0.25, 0.3) is 0 Å². The average Bonchev–Trinajstić information content (AvgIpc) is 2.19. The molecule has 14 heavy (non-hydrogen) atoms. The zero-order valence-corrected chi connectivity index (χ0v) is 7.51. The third-order valence-electron chi connectivity index (χ3n) is 1.61. The number of carbonyl (C=O) groups excluding carboxylic acids is 1. The summed E-state index contributed by atoms with van der Waals surface area (Å²) in [5, 5.41) is 0. The molecule has 0 aromatic heterocycles. The number of hydrogen-bond donors (Lipinski definition) is 1. The highest BCUT2D eigenvalue weighted by atomic mass is 19.2. The number of rotatable bonds is 2. The molecule has 2 N–H and O–H groups in total. The smallest absolute Gasteiger partial charge is 0.310 e. The quantitative estimate of drug-likeness (QED) is 0.451. The Morgan fingerprint density at radius 3 is 2.71 bits per heavy atom. The van der Waals surface area contributed by atoms with Crippen molar-refractivity contribution in [1.29, 1.82) is 0 Å². The summed E-state index contributed by atoms with van der Waals surface area (Å²) in [4.78, 5) is 10.8. The van der Waals surface area contributed by atoms with E-state index in [4.69, 9.17) is 5.73 Å². The molecular weight excluding hydrogens is 192 g/mol. The van der Waals surface area contributed by atoms with Gasteiger partial charge in [0.15, 0.2) is 17.4 Å². The van der Waals surface area contributed by atoms with E-state index >= 15 is 0 Å². The van der Waals surface area contributed by atoms with Gasteiger partial charge in [0, 0.05) is 6.42 Å². The summed E-state index contributed by atoms with van der Waals surface area (Å²) in [6.45, 7) is 1.58. The van der Waals surface area contributed by atoms with Crippen molar-refractivity contribution < 1.29 is 18.3 Å². The molecule has 0 aliphatic rings. The standard InChI is InChI=1S/C9H9F2NO2/c1-2-7(13)14-6-4-3-5(10)8(11)9(6)12/h3-4H,2,12H2,1H3. The maximum Gasteiger partial charge on any atom is 0.310 e. The highest BCUT2D eigenvalue weighted by molar-refractivity contribution is 5.74. The molecule has 1 aromatic carbocycles. The third-order valence-corrected chi connectivity index (χ3v) is 1.61. The van der Waals surface area contributed by atoms with E-state index in [9.17, 15) is 13.6 Å². The van der Waals surface area contributed by atoms with E-state index in [2.05, 4.69) is 4.74 Å². The van der Waals surface area contributed by atoms with Crippen molar-refractivity contribution in [1.82, 2.24) is 0 Å². The molecule has 0 atom stereocenters. The Bertz CT molecular complexity index is 366. The third kappa shape index (κ3) is 1.99. The second-order valence-corrected chi connectivity index (χ2v) is 2.60. The Hall–Kier alpha value is -1.65. The first-order chi connectivity index (χ1) is 6.56. The molecule has 0 fully saturated rings. The van der Waals surface area contributed by atoms with E-state index in [1.165, 1.54) is 0 Å². The van der Waals surface area contributed by atoms with E-state index in [-0.39, 0.29) is 12.2 Å². The van der Waals surface area contributed by atoms with Gasteiger partial charge in [0.2, 0.25) is 0 Å². The van der Waals surface area contributed by atoms with E-state index < -0.39 is 23.3 Å². The van der Waals surface area contributed by atoms with Crippen molar-refractivity contribution in [3.05, 3.63) is 23.8 Å². The monoisotopic (exact) mass is 201 g/mol. The number of benzene rings is 1. The van der Waals surface area contributed by atoms with E-state index in [0.29, 0.717) is 0 Å². The number of nitrogen functional groups attached to an aromatic ring is 1. The van der Waals surface area contributed by atoms with Crippen molar-refractivity contribution in [2.24, 2.45) is 0 Å². The number of anilines is 1. The highest BCUT2D eigenvalue weighted by Crippen LogP contribution is 2.26. The van der Waals surface area contributed by atoms with Crippen LogP contribution in [-0.2, 0) is 4.79 Å². The van der Waals surface area contributed by atoms with Crippen molar-refractivity contribution in [3.63, 3.8) is 0 Å². The van der Waals surface area contributed by atoms with Crippen LogP contribution in [-0.4, -0.2) is 5.97 Å². The fraction of sp³-hybridized carbons (Fsp3) is 0.222. The Labute approximate surface area is 79.5 Å². The molecule has 5 heteroatoms. The van der Waals surface area contributed by atoms with Gasteiger partial charge in [-0.1, -0.05) is 6.92 Å². The van der Waals surface area contributed by atoms with Gasteiger partial charge in [0.1, 0.15) is 5.69 Å². The summed E-state index contributed by atoms with van der Waals surface area (Å²) in [6.07, 6.45) is 0.137. The molecule has 0 saturated heterocycles. The number of halogens is 2. The molecule has 1 aromatic rings. The minimum atomic E-state index is -1.20. The van der Waals surface area contributed by atoms with Crippen LogP contribution in [0.4, 0.5) is 14.5 Å². The predicted octanol–water partition coefficient (Wildman–Crippen LogP) is 1.86. The fourth-order valence-corrected chi connectivity index (χ4v) is 0.832. The second kappa shape index (κ2) is 4.04. The van der Waals surface area contributed by atoms with Crippen LogP contribution < -0.4 is 10.5 Å². The summed E-state index contributed by atoms with van der Waals surface area (Å²) >= 11 is 0. The minimum absolute atomic E-state index is 0.137. The second-order valence-electron chi connectivity index (χ2n) is 2.60. The molecule has 0 bridgehead atoms. The van der Waals surface area contributed by atoms with Crippen LogP contribution in [0.2, 0.25) is 0 Å². The van der Waals surface area contributed by atoms with Crippen LogP contribution in [0.15, 0.2) is 12.1 Å². The molecule has 0 unspecified atom stereocenters. The summed E-state index contributed by atoms with van der Waals surface area (Å²) < 4.78 is 30.1. The van der Waals surface area contributed by atoms with Gasteiger partial charge in [-0.3, -0.25) is 4.79 Å². The Morgan fingerprint density at radius 2 is 2.14 bits per heavy atom. The molecule has 0 radical (unpaired) electrons. The number of nitrogens with two attached hydrogens (primary N) is 1. The molecule has 0 saturated carbocycles. The topological polar surface area (TPSA) is 52.3 Å². The van der Waals surface area contributed by atoms with E-state index in [1.807, 2.05) is 0 Å². The van der Waals surface area contributed by atoms with Crippen LogP contribution in [0.1, 0.15) is 13.3 Å². The highest BCUT2D eigenvalue weighted by Gasteiger charge is 2.13. The van der Waals surface area contributed by atoms with Gasteiger partial charge in [-0.2, -0.15) is 0 Å². The first-order valence-electron chi connectivity index (χ1n) is 4.00. The minimum Gasteiger partial charge on any atom is -0.424 e. The van der Waals surface area contributed by atoms with Crippen LogP contribution >= 0.6 is 0 Å². The summed E-state index contributed by atoms with van der Waals surface area (Å²) in [5.41, 5.74) is 4.70. The van der Waals surface area contributed by atoms with Gasteiger partial charge in [0.25, 0.3) is 0 Å². The maximum atomic E-state index is 12.9. The first-order valence-corrected chi connectivity index (χ1v) is 4.00. The van der Waals surface area contributed by atoms with Gasteiger partial charge in [0.05, 0.1) is 0 Å². The average molecular weight is 201 g/mol. The maximum absolute atomic E-state index is 12.9. The van der Waals surface area contributed by atoms with Crippen molar-refractivity contribution in [2.45, 2.75) is 13.3 Å². The van der Waals surface area contributed by atoms with E-state index in [0.717, 1.165) is 12.1 Å². The fourth-order valence-electron chi connectivity index (χ4n) is 0.832. The SMILES string of the molecule is CCC(=O)Oc1ccc(F)c(F)c1N. The van der Waals surface area contributed by atoms with Crippen molar-refractivity contribution in [3.8, 4) is 5.75 Å². The number of ether oxygens (including phenoxy) is 1. The van der Waals surface area contributed by atoms with Crippen molar-refractivity contribution in [2.75, 3.05) is 5.73 Å². The van der Waals surface area contributed by atoms with Crippen LogP contribution in [0, 0.1) is 11.6 Å². The molecule has 0 heterocycles. The van der Waals surface area contributed by atoms with Gasteiger partial charge < -0.3 is 10.5 Å². The lowest BCUT2D eigenvalue weighted by Gasteiger charge is -2.06.